The number of rotatable bonds is 3. The maximum absolute atomic E-state index is 11.2. The molecule has 1 unspecified atom stereocenters. The number of aryl methyl sites for hydroxylation is 1. The quantitative estimate of drug-likeness (QED) is 0.784. The zero-order valence-corrected chi connectivity index (χ0v) is 8.23. The van der Waals surface area contributed by atoms with Crippen molar-refractivity contribution in [1.82, 2.24) is 4.57 Å². The molecule has 0 aliphatic heterocycles. The van der Waals surface area contributed by atoms with Crippen LogP contribution in [-0.4, -0.2) is 15.6 Å². The lowest BCUT2D eigenvalue weighted by Crippen LogP contribution is -2.19. The average molecular weight is 195 g/mol. The molecule has 0 bridgehead atoms. The second kappa shape index (κ2) is 4.09. The number of hydrogen-bond acceptors (Lipinski definition) is 2. The smallest absolute Gasteiger partial charge is 0.310 e. The standard InChI is InChI=1S/C10H13NO3/c1-3-11-6-8(4-5-9(11)12)7(2)10(13)14/h4-7H,3H2,1-2H3,(H,13,14). The Morgan fingerprint density at radius 2 is 2.21 bits per heavy atom. The first-order chi connectivity index (χ1) is 6.56. The first-order valence-corrected chi connectivity index (χ1v) is 4.49. The average Bonchev–Trinajstić information content (AvgIpc) is 2.17. The fourth-order valence-electron chi connectivity index (χ4n) is 1.20. The molecule has 1 atom stereocenters. The fraction of sp³-hybridized carbons (Fsp3) is 0.400. The molecular formula is C10H13NO3. The van der Waals surface area contributed by atoms with Crippen LogP contribution in [0.3, 0.4) is 0 Å². The third-order valence-electron chi connectivity index (χ3n) is 2.22. The molecule has 0 spiro atoms. The van der Waals surface area contributed by atoms with Gasteiger partial charge in [-0.2, -0.15) is 0 Å². The highest BCUT2D eigenvalue weighted by atomic mass is 16.4. The number of aromatic nitrogens is 1. The summed E-state index contributed by atoms with van der Waals surface area (Å²) < 4.78 is 1.49. The van der Waals surface area contributed by atoms with Gasteiger partial charge in [0.2, 0.25) is 0 Å². The molecule has 0 radical (unpaired) electrons. The Kier molecular flexibility index (Phi) is 3.06. The van der Waals surface area contributed by atoms with Crippen molar-refractivity contribution in [3.8, 4) is 0 Å². The summed E-state index contributed by atoms with van der Waals surface area (Å²) in [6, 6.07) is 2.96. The van der Waals surface area contributed by atoms with Gasteiger partial charge in [-0.15, -0.1) is 0 Å². The number of nitrogens with zero attached hydrogens (tertiary/aromatic N) is 1. The molecule has 0 saturated carbocycles. The second-order valence-electron chi connectivity index (χ2n) is 3.15. The predicted octanol–water partition coefficient (Wildman–Crippen LogP) is 1.06. The maximum atomic E-state index is 11.2. The minimum atomic E-state index is -0.883. The van der Waals surface area contributed by atoms with Crippen LogP contribution in [0.4, 0.5) is 0 Å². The number of carbonyl (C=O) groups is 1. The first kappa shape index (κ1) is 10.5. The Morgan fingerprint density at radius 1 is 1.57 bits per heavy atom. The minimum Gasteiger partial charge on any atom is -0.481 e. The van der Waals surface area contributed by atoms with Gasteiger partial charge in [0, 0.05) is 18.8 Å². The molecule has 1 aromatic heterocycles. The van der Waals surface area contributed by atoms with Gasteiger partial charge < -0.3 is 9.67 Å². The monoisotopic (exact) mass is 195 g/mol. The second-order valence-corrected chi connectivity index (χ2v) is 3.15. The van der Waals surface area contributed by atoms with Crippen LogP contribution in [-0.2, 0) is 11.3 Å². The summed E-state index contributed by atoms with van der Waals surface area (Å²) in [5.74, 6) is -1.46. The highest BCUT2D eigenvalue weighted by Crippen LogP contribution is 2.12. The summed E-state index contributed by atoms with van der Waals surface area (Å²) in [5.41, 5.74) is 0.549. The van der Waals surface area contributed by atoms with Crippen LogP contribution >= 0.6 is 0 Å². The van der Waals surface area contributed by atoms with Crippen molar-refractivity contribution in [2.45, 2.75) is 26.3 Å². The van der Waals surface area contributed by atoms with E-state index in [1.807, 2.05) is 6.92 Å². The molecule has 14 heavy (non-hydrogen) atoms. The summed E-state index contributed by atoms with van der Waals surface area (Å²) >= 11 is 0. The fourth-order valence-corrected chi connectivity index (χ4v) is 1.20. The van der Waals surface area contributed by atoms with E-state index in [-0.39, 0.29) is 5.56 Å². The molecule has 0 aliphatic carbocycles. The molecule has 4 nitrogen and oxygen atoms in total. The normalized spacial score (nSPS) is 12.4. The number of hydrogen-bond donors (Lipinski definition) is 1. The van der Waals surface area contributed by atoms with E-state index in [1.165, 1.54) is 10.6 Å². The summed E-state index contributed by atoms with van der Waals surface area (Å²) in [6.07, 6.45) is 1.60. The number of carboxylic acid groups (broad SMARTS) is 1. The van der Waals surface area contributed by atoms with Gasteiger partial charge >= 0.3 is 5.97 Å². The largest absolute Gasteiger partial charge is 0.481 e. The van der Waals surface area contributed by atoms with Gasteiger partial charge in [-0.25, -0.2) is 0 Å². The van der Waals surface area contributed by atoms with Crippen LogP contribution in [0.5, 0.6) is 0 Å². The predicted molar refractivity (Wildman–Crippen MR) is 52.4 cm³/mol. The van der Waals surface area contributed by atoms with Crippen molar-refractivity contribution >= 4 is 5.97 Å². The molecule has 0 aliphatic rings. The lowest BCUT2D eigenvalue weighted by molar-refractivity contribution is -0.138. The third-order valence-corrected chi connectivity index (χ3v) is 2.22. The van der Waals surface area contributed by atoms with Crippen LogP contribution in [0.25, 0.3) is 0 Å². The number of aliphatic carboxylic acids is 1. The number of pyridine rings is 1. The van der Waals surface area contributed by atoms with E-state index in [2.05, 4.69) is 0 Å². The van der Waals surface area contributed by atoms with Gasteiger partial charge in [0.15, 0.2) is 0 Å². The highest BCUT2D eigenvalue weighted by molar-refractivity contribution is 5.75. The lowest BCUT2D eigenvalue weighted by atomic mass is 10.0. The first-order valence-electron chi connectivity index (χ1n) is 4.49. The Bertz CT molecular complexity index is 395. The summed E-state index contributed by atoms with van der Waals surface area (Å²) in [4.78, 5) is 21.9. The Balaban J connectivity index is 3.12. The molecule has 76 valence electrons. The lowest BCUT2D eigenvalue weighted by Gasteiger charge is -2.08. The number of carboxylic acids is 1. The van der Waals surface area contributed by atoms with Gasteiger partial charge in [0.1, 0.15) is 0 Å². The van der Waals surface area contributed by atoms with Gasteiger partial charge in [-0.3, -0.25) is 9.59 Å². The van der Waals surface area contributed by atoms with Crippen molar-refractivity contribution in [3.63, 3.8) is 0 Å². The molecule has 1 rings (SSSR count). The van der Waals surface area contributed by atoms with E-state index < -0.39 is 11.9 Å². The van der Waals surface area contributed by atoms with E-state index in [0.717, 1.165) is 0 Å². The van der Waals surface area contributed by atoms with Crippen LogP contribution < -0.4 is 5.56 Å². The van der Waals surface area contributed by atoms with E-state index in [0.29, 0.717) is 12.1 Å². The molecule has 1 N–H and O–H groups in total. The Labute approximate surface area is 81.8 Å². The molecule has 1 heterocycles. The molecule has 0 saturated heterocycles. The topological polar surface area (TPSA) is 59.3 Å². The van der Waals surface area contributed by atoms with Crippen LogP contribution in [0, 0.1) is 0 Å². The molecule has 0 aromatic carbocycles. The van der Waals surface area contributed by atoms with Gasteiger partial charge in [-0.05, 0) is 19.4 Å². The molecule has 4 heteroatoms. The highest BCUT2D eigenvalue weighted by Gasteiger charge is 2.13. The summed E-state index contributed by atoms with van der Waals surface area (Å²) in [5, 5.41) is 8.78. The van der Waals surface area contributed by atoms with Gasteiger partial charge in [0.25, 0.3) is 5.56 Å². The van der Waals surface area contributed by atoms with Crippen molar-refractivity contribution in [2.24, 2.45) is 0 Å². The van der Waals surface area contributed by atoms with Crippen LogP contribution in [0.1, 0.15) is 25.3 Å². The molecule has 0 fully saturated rings. The summed E-state index contributed by atoms with van der Waals surface area (Å²) in [6.45, 7) is 4.00. The van der Waals surface area contributed by atoms with Crippen molar-refractivity contribution in [1.29, 1.82) is 0 Å². The van der Waals surface area contributed by atoms with E-state index in [9.17, 15) is 9.59 Å². The Hall–Kier alpha value is -1.58. The van der Waals surface area contributed by atoms with Gasteiger partial charge in [0.05, 0.1) is 5.92 Å². The third kappa shape index (κ3) is 2.02. The van der Waals surface area contributed by atoms with E-state index in [4.69, 9.17) is 5.11 Å². The zero-order valence-electron chi connectivity index (χ0n) is 8.23. The SMILES string of the molecule is CCn1cc(C(C)C(=O)O)ccc1=O. The summed E-state index contributed by atoms with van der Waals surface area (Å²) in [7, 11) is 0. The van der Waals surface area contributed by atoms with E-state index >= 15 is 0 Å². The minimum absolute atomic E-state index is 0.103. The van der Waals surface area contributed by atoms with Crippen molar-refractivity contribution < 1.29 is 9.90 Å². The van der Waals surface area contributed by atoms with Crippen molar-refractivity contribution in [2.75, 3.05) is 0 Å². The molecule has 1 aromatic rings. The molecule has 0 amide bonds. The van der Waals surface area contributed by atoms with Crippen LogP contribution in [0.2, 0.25) is 0 Å². The van der Waals surface area contributed by atoms with Crippen LogP contribution in [0.15, 0.2) is 23.1 Å². The Morgan fingerprint density at radius 3 is 2.71 bits per heavy atom. The van der Waals surface area contributed by atoms with Crippen molar-refractivity contribution in [3.05, 3.63) is 34.2 Å². The van der Waals surface area contributed by atoms with Gasteiger partial charge in [-0.1, -0.05) is 6.07 Å². The molecular weight excluding hydrogens is 182 g/mol. The maximum Gasteiger partial charge on any atom is 0.310 e. The van der Waals surface area contributed by atoms with E-state index in [1.54, 1.807) is 19.2 Å². The zero-order chi connectivity index (χ0) is 10.7.